The number of benzene rings is 2. The number of carbonyl (C=O) groups excluding carboxylic acids is 1. The molecule has 1 N–H and O–H groups in total. The van der Waals surface area contributed by atoms with Crippen molar-refractivity contribution in [2.45, 2.75) is 25.4 Å². The van der Waals surface area contributed by atoms with Crippen molar-refractivity contribution in [2.24, 2.45) is 0 Å². The summed E-state index contributed by atoms with van der Waals surface area (Å²) in [6.45, 7) is 6.59. The van der Waals surface area contributed by atoms with Crippen LogP contribution in [-0.2, 0) is 21.8 Å². The summed E-state index contributed by atoms with van der Waals surface area (Å²) in [6.07, 6.45) is 4.97. The number of hydrogen-bond acceptors (Lipinski definition) is 6. The Morgan fingerprint density at radius 1 is 1.16 bits per heavy atom. The lowest BCUT2D eigenvalue weighted by atomic mass is 10.1. The van der Waals surface area contributed by atoms with Crippen LogP contribution in [0.2, 0.25) is 10.0 Å². The molecule has 2 atom stereocenters. The third-order valence-electron chi connectivity index (χ3n) is 6.68. The van der Waals surface area contributed by atoms with Crippen LogP contribution in [0, 0.1) is 0 Å². The fourth-order valence-corrected chi connectivity index (χ4v) is 5.30. The molecule has 38 heavy (non-hydrogen) atoms. The first-order valence-corrected chi connectivity index (χ1v) is 13.4. The van der Waals surface area contributed by atoms with Crippen LogP contribution in [0.1, 0.15) is 12.5 Å². The van der Waals surface area contributed by atoms with Crippen LogP contribution in [-0.4, -0.2) is 72.5 Å². The smallest absolute Gasteiger partial charge is 0.317 e. The molecule has 2 saturated heterocycles. The number of hydrogen-bond donors (Lipinski definition) is 1. The van der Waals surface area contributed by atoms with E-state index in [4.69, 9.17) is 37.4 Å². The first-order chi connectivity index (χ1) is 18.5. The summed E-state index contributed by atoms with van der Waals surface area (Å²) in [5, 5.41) is 3.88. The van der Waals surface area contributed by atoms with Gasteiger partial charge in [-0.05, 0) is 43.3 Å². The predicted molar refractivity (Wildman–Crippen MR) is 146 cm³/mol. The molecular formula is C27H31Cl2N5O4. The summed E-state index contributed by atoms with van der Waals surface area (Å²) in [7, 11) is 0. The van der Waals surface area contributed by atoms with Gasteiger partial charge in [-0.25, -0.2) is 9.78 Å². The van der Waals surface area contributed by atoms with E-state index in [2.05, 4.69) is 15.2 Å². The van der Waals surface area contributed by atoms with Crippen LogP contribution in [0.3, 0.4) is 0 Å². The number of imidazole rings is 1. The largest absolute Gasteiger partial charge is 0.491 e. The number of anilines is 1. The van der Waals surface area contributed by atoms with Crippen molar-refractivity contribution in [3.05, 3.63) is 76.8 Å². The number of aromatic nitrogens is 2. The highest BCUT2D eigenvalue weighted by Crippen LogP contribution is 2.40. The molecule has 0 unspecified atom stereocenters. The van der Waals surface area contributed by atoms with E-state index < -0.39 is 5.79 Å². The Morgan fingerprint density at radius 3 is 2.63 bits per heavy atom. The summed E-state index contributed by atoms with van der Waals surface area (Å²) in [5.74, 6) is -0.342. The summed E-state index contributed by atoms with van der Waals surface area (Å²) in [5.41, 5.74) is 1.81. The second kappa shape index (κ2) is 11.8. The van der Waals surface area contributed by atoms with Gasteiger partial charge in [0.05, 0.1) is 24.5 Å². The van der Waals surface area contributed by atoms with Crippen molar-refractivity contribution in [3.63, 3.8) is 0 Å². The second-order valence-electron chi connectivity index (χ2n) is 9.28. The lowest BCUT2D eigenvalue weighted by Gasteiger charge is -2.36. The minimum Gasteiger partial charge on any atom is -0.491 e. The van der Waals surface area contributed by atoms with E-state index in [0.717, 1.165) is 24.5 Å². The van der Waals surface area contributed by atoms with E-state index in [-0.39, 0.29) is 12.1 Å². The first kappa shape index (κ1) is 26.6. The molecule has 2 aliphatic heterocycles. The molecule has 2 aromatic carbocycles. The average molecular weight is 560 g/mol. The zero-order chi connectivity index (χ0) is 26.5. The Bertz CT molecular complexity index is 1220. The van der Waals surface area contributed by atoms with Crippen LogP contribution in [0.5, 0.6) is 5.75 Å². The van der Waals surface area contributed by atoms with Gasteiger partial charge in [0.25, 0.3) is 0 Å². The first-order valence-electron chi connectivity index (χ1n) is 12.7. The van der Waals surface area contributed by atoms with Gasteiger partial charge in [-0.1, -0.05) is 29.3 Å². The molecular weight excluding hydrogens is 529 g/mol. The number of amides is 2. The molecule has 5 rings (SSSR count). The molecule has 2 fully saturated rings. The van der Waals surface area contributed by atoms with Gasteiger partial charge in [-0.3, -0.25) is 0 Å². The average Bonchev–Trinajstić information content (AvgIpc) is 3.59. The number of halogens is 2. The molecule has 0 saturated carbocycles. The van der Waals surface area contributed by atoms with Gasteiger partial charge in [0, 0.05) is 61.4 Å². The van der Waals surface area contributed by atoms with Gasteiger partial charge in [0.15, 0.2) is 0 Å². The normalized spacial score (nSPS) is 21.5. The maximum absolute atomic E-state index is 12.0. The molecule has 0 bridgehead atoms. The Morgan fingerprint density at radius 2 is 1.95 bits per heavy atom. The highest BCUT2D eigenvalue weighted by atomic mass is 35.5. The molecule has 3 aromatic rings. The lowest BCUT2D eigenvalue weighted by molar-refractivity contribution is -0.189. The van der Waals surface area contributed by atoms with Crippen molar-refractivity contribution in [2.75, 3.05) is 50.8 Å². The van der Waals surface area contributed by atoms with Gasteiger partial charge < -0.3 is 33.9 Å². The van der Waals surface area contributed by atoms with Gasteiger partial charge >= 0.3 is 6.03 Å². The molecule has 3 heterocycles. The SMILES string of the molecule is CCNC(=O)N1CCN(c2ccc(OC[C@H]3CO[C@](Cn4ccnc4)(c4ccc(Cl)cc4Cl)O3)cc2)CC1. The molecule has 0 spiro atoms. The van der Waals surface area contributed by atoms with Gasteiger partial charge in [-0.2, -0.15) is 0 Å². The molecule has 202 valence electrons. The summed E-state index contributed by atoms with van der Waals surface area (Å²) in [4.78, 5) is 20.3. The highest BCUT2D eigenvalue weighted by Gasteiger charge is 2.45. The highest BCUT2D eigenvalue weighted by molar-refractivity contribution is 6.35. The fraction of sp³-hybridized carbons (Fsp3) is 0.407. The van der Waals surface area contributed by atoms with E-state index in [9.17, 15) is 4.79 Å². The molecule has 9 nitrogen and oxygen atoms in total. The molecule has 0 radical (unpaired) electrons. The third-order valence-corrected chi connectivity index (χ3v) is 7.23. The predicted octanol–water partition coefficient (Wildman–Crippen LogP) is 4.39. The van der Waals surface area contributed by atoms with Crippen molar-refractivity contribution >= 4 is 34.9 Å². The van der Waals surface area contributed by atoms with Crippen LogP contribution in [0.4, 0.5) is 10.5 Å². The minimum atomic E-state index is -1.09. The van der Waals surface area contributed by atoms with E-state index in [1.54, 1.807) is 24.7 Å². The number of carbonyl (C=O) groups is 1. The van der Waals surface area contributed by atoms with E-state index in [0.29, 0.717) is 55.0 Å². The number of urea groups is 1. The number of nitrogens with one attached hydrogen (secondary N) is 1. The fourth-order valence-electron chi connectivity index (χ4n) is 4.75. The quantitative estimate of drug-likeness (QED) is 0.441. The van der Waals surface area contributed by atoms with Crippen molar-refractivity contribution in [1.29, 1.82) is 0 Å². The Labute approximate surface area is 232 Å². The molecule has 11 heteroatoms. The van der Waals surface area contributed by atoms with E-state index in [1.165, 1.54) is 0 Å². The van der Waals surface area contributed by atoms with Crippen molar-refractivity contribution in [3.8, 4) is 5.75 Å². The summed E-state index contributed by atoms with van der Waals surface area (Å²) >= 11 is 12.7. The van der Waals surface area contributed by atoms with Crippen LogP contribution in [0.25, 0.3) is 0 Å². The lowest BCUT2D eigenvalue weighted by Crippen LogP contribution is -2.51. The number of ether oxygens (including phenoxy) is 3. The molecule has 2 amide bonds. The van der Waals surface area contributed by atoms with Crippen LogP contribution in [0.15, 0.2) is 61.2 Å². The standard InChI is InChI=1S/C27H31Cl2N5O4/c1-2-31-26(35)34-13-11-33(12-14-34)21-4-6-22(7-5-21)36-16-23-17-37-27(38-23,18-32-10-9-30-19-32)24-8-3-20(28)15-25(24)29/h3-10,15,19,23H,2,11-14,16-18H2,1H3,(H,31,35)/t23-,27-/m0/s1. The Hall–Kier alpha value is -2.98. The van der Waals surface area contributed by atoms with E-state index >= 15 is 0 Å². The number of rotatable bonds is 8. The van der Waals surface area contributed by atoms with Crippen molar-refractivity contribution in [1.82, 2.24) is 19.8 Å². The number of nitrogens with zero attached hydrogens (tertiary/aromatic N) is 4. The third kappa shape index (κ3) is 6.02. The molecule has 1 aromatic heterocycles. The summed E-state index contributed by atoms with van der Waals surface area (Å²) < 4.78 is 20.6. The van der Waals surface area contributed by atoms with Crippen molar-refractivity contribution < 1.29 is 19.0 Å². The van der Waals surface area contributed by atoms with Crippen LogP contribution < -0.4 is 15.0 Å². The van der Waals surface area contributed by atoms with E-state index in [1.807, 2.05) is 52.9 Å². The zero-order valence-electron chi connectivity index (χ0n) is 21.2. The van der Waals surface area contributed by atoms with Crippen LogP contribution >= 0.6 is 23.2 Å². The monoisotopic (exact) mass is 559 g/mol. The molecule has 0 aliphatic carbocycles. The summed E-state index contributed by atoms with van der Waals surface area (Å²) in [6, 6.07) is 13.3. The Kier molecular flexibility index (Phi) is 8.28. The molecule has 2 aliphatic rings. The van der Waals surface area contributed by atoms with Gasteiger partial charge in [0.1, 0.15) is 18.5 Å². The Balaban J connectivity index is 1.19. The van der Waals surface area contributed by atoms with Gasteiger partial charge in [0.2, 0.25) is 5.79 Å². The second-order valence-corrected chi connectivity index (χ2v) is 10.1. The zero-order valence-corrected chi connectivity index (χ0v) is 22.7. The maximum Gasteiger partial charge on any atom is 0.317 e. The van der Waals surface area contributed by atoms with Gasteiger partial charge in [-0.15, -0.1) is 0 Å². The maximum atomic E-state index is 12.0. The topological polar surface area (TPSA) is 81.1 Å². The number of piperazine rings is 1. The minimum absolute atomic E-state index is 0.00129.